The molecule has 0 aromatic carbocycles. The number of halogens is 1. The zero-order valence-corrected chi connectivity index (χ0v) is 20.6. The van der Waals surface area contributed by atoms with Gasteiger partial charge in [-0.15, -0.1) is 0 Å². The van der Waals surface area contributed by atoms with E-state index in [9.17, 15) is 4.79 Å². The molecule has 2 aliphatic rings. The van der Waals surface area contributed by atoms with Crippen LogP contribution in [0, 0.1) is 3.70 Å². The summed E-state index contributed by atoms with van der Waals surface area (Å²) in [7, 11) is -1.93. The number of hydrogen-bond acceptors (Lipinski definition) is 6. The molecule has 2 aliphatic heterocycles. The number of imidazole rings is 1. The summed E-state index contributed by atoms with van der Waals surface area (Å²) in [4.78, 5) is 15.7. The molecule has 3 heterocycles. The van der Waals surface area contributed by atoms with Gasteiger partial charge in [0.15, 0.2) is 26.0 Å². The fourth-order valence-electron chi connectivity index (χ4n) is 3.21. The van der Waals surface area contributed by atoms with Crippen molar-refractivity contribution in [3.63, 3.8) is 0 Å². The zero-order chi connectivity index (χ0) is 21.1. The van der Waals surface area contributed by atoms with Crippen LogP contribution in [0.1, 0.15) is 51.3 Å². The lowest BCUT2D eigenvalue weighted by Gasteiger charge is -2.37. The summed E-state index contributed by atoms with van der Waals surface area (Å²) in [5.41, 5.74) is 5.63. The van der Waals surface area contributed by atoms with Crippen molar-refractivity contribution in [1.29, 1.82) is 0 Å². The standard InChI is InChI=1S/C18H30IN3O5Si/c1-17(2,3)28(6,7)24-8-10-12-13(27-18(4,5)26-12)16(25-10)22-9-21-11(14(22)19)15(20)23/h9-10,12-13,16H,8H2,1-7H3,(H2,20,23)/t10-,12-,13-,16-/m1/s1. The first-order valence-corrected chi connectivity index (χ1v) is 13.4. The van der Waals surface area contributed by atoms with Crippen LogP contribution in [-0.2, 0) is 18.6 Å². The lowest BCUT2D eigenvalue weighted by atomic mass is 10.1. The molecule has 28 heavy (non-hydrogen) atoms. The van der Waals surface area contributed by atoms with Crippen molar-refractivity contribution in [3.8, 4) is 0 Å². The van der Waals surface area contributed by atoms with E-state index in [0.29, 0.717) is 10.3 Å². The van der Waals surface area contributed by atoms with Gasteiger partial charge >= 0.3 is 0 Å². The smallest absolute Gasteiger partial charge is 0.270 e. The topological polar surface area (TPSA) is 97.8 Å². The number of carbonyl (C=O) groups excluding carboxylic acids is 1. The predicted molar refractivity (Wildman–Crippen MR) is 114 cm³/mol. The minimum absolute atomic E-state index is 0.104. The van der Waals surface area contributed by atoms with E-state index in [-0.39, 0.29) is 29.0 Å². The largest absolute Gasteiger partial charge is 0.414 e. The molecule has 0 radical (unpaired) electrons. The van der Waals surface area contributed by atoms with Gasteiger partial charge in [-0.2, -0.15) is 0 Å². The number of rotatable bonds is 5. The maximum Gasteiger partial charge on any atom is 0.270 e. The van der Waals surface area contributed by atoms with Crippen LogP contribution >= 0.6 is 22.6 Å². The van der Waals surface area contributed by atoms with Gasteiger partial charge in [0.1, 0.15) is 22.0 Å². The molecule has 4 atom stereocenters. The molecule has 1 aromatic rings. The maximum atomic E-state index is 11.6. The second kappa shape index (κ2) is 7.31. The Bertz CT molecular complexity index is 761. The number of primary amides is 1. The highest BCUT2D eigenvalue weighted by Gasteiger charge is 2.56. The molecular weight excluding hydrogens is 493 g/mol. The molecule has 2 N–H and O–H groups in total. The Morgan fingerprint density at radius 2 is 1.96 bits per heavy atom. The average molecular weight is 523 g/mol. The fraction of sp³-hybridized carbons (Fsp3) is 0.778. The van der Waals surface area contributed by atoms with Crippen LogP contribution in [0.5, 0.6) is 0 Å². The molecule has 1 aromatic heterocycles. The van der Waals surface area contributed by atoms with Crippen LogP contribution in [0.25, 0.3) is 0 Å². The summed E-state index contributed by atoms with van der Waals surface area (Å²) in [6.45, 7) is 15.3. The van der Waals surface area contributed by atoms with E-state index >= 15 is 0 Å². The summed E-state index contributed by atoms with van der Waals surface area (Å²) >= 11 is 2.05. The monoisotopic (exact) mass is 523 g/mol. The van der Waals surface area contributed by atoms with E-state index in [0.717, 1.165) is 0 Å². The van der Waals surface area contributed by atoms with Crippen LogP contribution in [-0.4, -0.2) is 54.5 Å². The average Bonchev–Trinajstić information content (AvgIpc) is 3.15. The van der Waals surface area contributed by atoms with Crippen LogP contribution in [0.4, 0.5) is 0 Å². The molecular formula is C18H30IN3O5Si. The van der Waals surface area contributed by atoms with Gasteiger partial charge in [-0.1, -0.05) is 20.8 Å². The number of aromatic nitrogens is 2. The first-order valence-electron chi connectivity index (χ1n) is 9.41. The van der Waals surface area contributed by atoms with Crippen molar-refractivity contribution >= 4 is 36.8 Å². The highest BCUT2D eigenvalue weighted by Crippen LogP contribution is 2.44. The number of carbonyl (C=O) groups is 1. The lowest BCUT2D eigenvalue weighted by Crippen LogP contribution is -2.44. The van der Waals surface area contributed by atoms with Gasteiger partial charge in [-0.25, -0.2) is 4.98 Å². The Morgan fingerprint density at radius 1 is 1.36 bits per heavy atom. The first-order chi connectivity index (χ1) is 12.7. The van der Waals surface area contributed by atoms with Crippen molar-refractivity contribution < 1.29 is 23.4 Å². The molecule has 0 saturated carbocycles. The zero-order valence-electron chi connectivity index (χ0n) is 17.5. The Morgan fingerprint density at radius 3 is 2.50 bits per heavy atom. The Hall–Kier alpha value is -0.533. The van der Waals surface area contributed by atoms with E-state index < -0.39 is 26.2 Å². The van der Waals surface area contributed by atoms with Crippen molar-refractivity contribution in [2.45, 2.75) is 83.1 Å². The number of amides is 1. The Kier molecular flexibility index (Phi) is 5.78. The predicted octanol–water partition coefficient (Wildman–Crippen LogP) is 3.03. The third-order valence-electron chi connectivity index (χ3n) is 5.78. The number of nitrogens with zero attached hydrogens (tertiary/aromatic N) is 2. The van der Waals surface area contributed by atoms with E-state index in [1.165, 1.54) is 0 Å². The van der Waals surface area contributed by atoms with Crippen LogP contribution < -0.4 is 5.73 Å². The van der Waals surface area contributed by atoms with Crippen molar-refractivity contribution in [1.82, 2.24) is 9.55 Å². The SMILES string of the molecule is CC1(C)O[C@@H]2[C@H](O1)[C@@H](CO[Si](C)(C)C(C)(C)C)O[C@H]2n1cnc(C(N)=O)c1I. The van der Waals surface area contributed by atoms with Gasteiger partial charge in [-0.3, -0.25) is 9.36 Å². The van der Waals surface area contributed by atoms with Gasteiger partial charge in [0.05, 0.1) is 12.9 Å². The summed E-state index contributed by atoms with van der Waals surface area (Å²) in [6, 6.07) is 0. The van der Waals surface area contributed by atoms with Gasteiger partial charge < -0.3 is 24.4 Å². The van der Waals surface area contributed by atoms with Crippen LogP contribution in [0.3, 0.4) is 0 Å². The number of nitrogens with two attached hydrogens (primary N) is 1. The molecule has 0 bridgehead atoms. The number of ether oxygens (including phenoxy) is 3. The van der Waals surface area contributed by atoms with Crippen LogP contribution in [0.2, 0.25) is 18.1 Å². The molecule has 2 saturated heterocycles. The van der Waals surface area contributed by atoms with E-state index in [1.807, 2.05) is 13.8 Å². The molecule has 2 fully saturated rings. The third kappa shape index (κ3) is 4.04. The summed E-state index contributed by atoms with van der Waals surface area (Å²) in [5.74, 6) is -1.29. The number of hydrogen-bond donors (Lipinski definition) is 1. The normalized spacial score (nSPS) is 29.9. The minimum Gasteiger partial charge on any atom is -0.414 e. The molecule has 158 valence electrons. The van der Waals surface area contributed by atoms with Crippen molar-refractivity contribution in [2.75, 3.05) is 6.61 Å². The highest BCUT2D eigenvalue weighted by molar-refractivity contribution is 14.1. The van der Waals surface area contributed by atoms with Crippen molar-refractivity contribution in [2.24, 2.45) is 5.73 Å². The van der Waals surface area contributed by atoms with Gasteiger partial charge in [-0.05, 0) is 54.6 Å². The second-order valence-electron chi connectivity index (χ2n) is 9.36. The summed E-state index contributed by atoms with van der Waals surface area (Å²) < 4.78 is 27.4. The van der Waals surface area contributed by atoms with Gasteiger partial charge in [0.25, 0.3) is 5.91 Å². The van der Waals surface area contributed by atoms with E-state index in [1.54, 1.807) is 10.9 Å². The van der Waals surface area contributed by atoms with E-state index in [2.05, 4.69) is 61.4 Å². The van der Waals surface area contributed by atoms with Crippen LogP contribution in [0.15, 0.2) is 6.33 Å². The van der Waals surface area contributed by atoms with E-state index in [4.69, 9.17) is 24.4 Å². The number of fused-ring (bicyclic) bond motifs is 1. The molecule has 8 nitrogen and oxygen atoms in total. The highest BCUT2D eigenvalue weighted by atomic mass is 127. The molecule has 0 spiro atoms. The second-order valence-corrected chi connectivity index (χ2v) is 15.2. The Labute approximate surface area is 180 Å². The molecule has 1 amide bonds. The van der Waals surface area contributed by atoms with Crippen molar-refractivity contribution in [3.05, 3.63) is 15.7 Å². The van der Waals surface area contributed by atoms with Gasteiger partial charge in [0.2, 0.25) is 0 Å². The van der Waals surface area contributed by atoms with Gasteiger partial charge in [0, 0.05) is 0 Å². The molecule has 3 rings (SSSR count). The molecule has 10 heteroatoms. The fourth-order valence-corrected chi connectivity index (χ4v) is 5.03. The first kappa shape index (κ1) is 22.2. The molecule has 0 aliphatic carbocycles. The minimum atomic E-state index is -1.93. The third-order valence-corrected chi connectivity index (χ3v) is 11.3. The summed E-state index contributed by atoms with van der Waals surface area (Å²) in [5, 5.41) is 0.104. The lowest BCUT2D eigenvalue weighted by molar-refractivity contribution is -0.199. The quantitative estimate of drug-likeness (QED) is 0.471. The summed E-state index contributed by atoms with van der Waals surface area (Å²) in [6.07, 6.45) is 0.231. The molecule has 0 unspecified atom stereocenters. The Balaban J connectivity index is 1.84. The maximum absolute atomic E-state index is 11.6.